The predicted octanol–water partition coefficient (Wildman–Crippen LogP) is 1.55. The van der Waals surface area contributed by atoms with Gasteiger partial charge < -0.3 is 5.11 Å². The van der Waals surface area contributed by atoms with Gasteiger partial charge >= 0.3 is 0 Å². The molecular weight excluding hydrogens is 222 g/mol. The second-order valence-electron chi connectivity index (χ2n) is 5.46. The Labute approximate surface area is 100 Å². The van der Waals surface area contributed by atoms with E-state index in [0.29, 0.717) is 19.3 Å². The van der Waals surface area contributed by atoms with Gasteiger partial charge in [-0.25, -0.2) is 0 Å². The summed E-state index contributed by atoms with van der Waals surface area (Å²) in [5.41, 5.74) is -1.43. The lowest BCUT2D eigenvalue weighted by atomic mass is 9.63. The van der Waals surface area contributed by atoms with Gasteiger partial charge in [-0.3, -0.25) is 14.9 Å². The first-order chi connectivity index (χ1) is 8.00. The van der Waals surface area contributed by atoms with Crippen molar-refractivity contribution in [2.45, 2.75) is 57.1 Å². The molecule has 96 valence electrons. The molecule has 0 radical (unpaired) electrons. The summed E-state index contributed by atoms with van der Waals surface area (Å²) < 4.78 is 0. The van der Waals surface area contributed by atoms with Crippen molar-refractivity contribution in [3.63, 3.8) is 0 Å². The minimum absolute atomic E-state index is 0.326. The maximum atomic E-state index is 12.4. The van der Waals surface area contributed by atoms with Gasteiger partial charge in [0, 0.05) is 17.3 Å². The molecule has 5 nitrogen and oxygen atoms in total. The van der Waals surface area contributed by atoms with Gasteiger partial charge in [-0.2, -0.15) is 0 Å². The summed E-state index contributed by atoms with van der Waals surface area (Å²) in [6.07, 6.45) is 3.15. The standard InChI is InChI=1S/C12H19NO4/c1-8-7-10(14)9-5-3-2-4-6-12(8,11(9)15)13(16)17/h8-10,14H,2-7H2,1H3/t8-,9+,10-,12+/m0/s1. The summed E-state index contributed by atoms with van der Waals surface area (Å²) in [4.78, 5) is 23.4. The largest absolute Gasteiger partial charge is 0.392 e. The van der Waals surface area contributed by atoms with Gasteiger partial charge in [0.15, 0.2) is 0 Å². The normalized spacial score (nSPS) is 42.7. The van der Waals surface area contributed by atoms with Crippen molar-refractivity contribution < 1.29 is 14.8 Å². The molecule has 0 heterocycles. The molecule has 2 aliphatic carbocycles. The lowest BCUT2D eigenvalue weighted by Gasteiger charge is -2.41. The summed E-state index contributed by atoms with van der Waals surface area (Å²) in [5.74, 6) is -1.21. The second kappa shape index (κ2) is 4.37. The maximum Gasteiger partial charge on any atom is 0.282 e. The van der Waals surface area contributed by atoms with Crippen molar-refractivity contribution in [1.82, 2.24) is 0 Å². The number of hydrogen-bond acceptors (Lipinski definition) is 4. The lowest BCUT2D eigenvalue weighted by molar-refractivity contribution is -0.567. The van der Waals surface area contributed by atoms with Crippen LogP contribution in [0, 0.1) is 22.0 Å². The van der Waals surface area contributed by atoms with Gasteiger partial charge in [0.1, 0.15) is 0 Å². The van der Waals surface area contributed by atoms with E-state index in [9.17, 15) is 20.0 Å². The Morgan fingerprint density at radius 1 is 1.41 bits per heavy atom. The van der Waals surface area contributed by atoms with Crippen LogP contribution in [0.25, 0.3) is 0 Å². The number of aliphatic hydroxyl groups is 1. The molecule has 2 rings (SSSR count). The molecular formula is C12H19NO4. The fourth-order valence-corrected chi connectivity index (χ4v) is 3.45. The minimum Gasteiger partial charge on any atom is -0.392 e. The van der Waals surface area contributed by atoms with Gasteiger partial charge in [-0.15, -0.1) is 0 Å². The first-order valence-corrected chi connectivity index (χ1v) is 6.37. The van der Waals surface area contributed by atoms with E-state index in [1.54, 1.807) is 6.92 Å². The molecule has 0 aromatic heterocycles. The smallest absolute Gasteiger partial charge is 0.282 e. The van der Waals surface area contributed by atoms with Crippen molar-refractivity contribution in [3.8, 4) is 0 Å². The number of Topliss-reactive ketones (excluding diaryl/α,β-unsaturated/α-hetero) is 1. The Bertz CT molecular complexity index is 343. The van der Waals surface area contributed by atoms with Crippen molar-refractivity contribution in [2.75, 3.05) is 0 Å². The number of nitrogens with zero attached hydrogens (tertiary/aromatic N) is 1. The summed E-state index contributed by atoms with van der Waals surface area (Å²) in [5, 5.41) is 21.3. The van der Waals surface area contributed by atoms with Crippen LogP contribution in [0.15, 0.2) is 0 Å². The molecule has 2 aliphatic rings. The van der Waals surface area contributed by atoms with Crippen LogP contribution in [0.5, 0.6) is 0 Å². The molecule has 2 fully saturated rings. The third-order valence-electron chi connectivity index (χ3n) is 4.54. The number of carbonyl (C=O) groups excluding carboxylic acids is 1. The number of aliphatic hydroxyl groups excluding tert-OH is 1. The maximum absolute atomic E-state index is 12.4. The quantitative estimate of drug-likeness (QED) is 0.558. The molecule has 0 aromatic carbocycles. The van der Waals surface area contributed by atoms with Crippen LogP contribution in [0.2, 0.25) is 0 Å². The van der Waals surface area contributed by atoms with Crippen LogP contribution in [-0.4, -0.2) is 27.5 Å². The van der Waals surface area contributed by atoms with Crippen LogP contribution in [0.3, 0.4) is 0 Å². The Balaban J connectivity index is 2.41. The van der Waals surface area contributed by atoms with E-state index in [2.05, 4.69) is 0 Å². The van der Waals surface area contributed by atoms with Crippen molar-refractivity contribution >= 4 is 5.78 Å². The zero-order valence-electron chi connectivity index (χ0n) is 10.1. The monoisotopic (exact) mass is 241 g/mol. The van der Waals surface area contributed by atoms with Crippen molar-refractivity contribution in [1.29, 1.82) is 0 Å². The summed E-state index contributed by atoms with van der Waals surface area (Å²) in [6.45, 7) is 1.72. The van der Waals surface area contributed by atoms with Crippen LogP contribution >= 0.6 is 0 Å². The zero-order chi connectivity index (χ0) is 12.6. The molecule has 0 spiro atoms. The zero-order valence-corrected chi connectivity index (χ0v) is 10.1. The van der Waals surface area contributed by atoms with Crippen LogP contribution in [0.1, 0.15) is 45.4 Å². The van der Waals surface area contributed by atoms with Gasteiger partial charge in [0.25, 0.3) is 5.54 Å². The SMILES string of the molecule is C[C@H]1C[C@H](O)[C@H]2CCCCC[C@]1([N+](=O)[O-])C2=O. The summed E-state index contributed by atoms with van der Waals surface area (Å²) >= 11 is 0. The van der Waals surface area contributed by atoms with Gasteiger partial charge in [0.05, 0.1) is 12.0 Å². The van der Waals surface area contributed by atoms with Crippen LogP contribution < -0.4 is 0 Å². The highest BCUT2D eigenvalue weighted by Gasteiger charge is 2.61. The van der Waals surface area contributed by atoms with E-state index in [4.69, 9.17) is 0 Å². The van der Waals surface area contributed by atoms with Crippen LogP contribution in [-0.2, 0) is 4.79 Å². The van der Waals surface area contributed by atoms with Crippen molar-refractivity contribution in [3.05, 3.63) is 10.1 Å². The molecule has 5 heteroatoms. The van der Waals surface area contributed by atoms with Crippen molar-refractivity contribution in [2.24, 2.45) is 11.8 Å². The number of ketones is 1. The molecule has 0 unspecified atom stereocenters. The third-order valence-corrected chi connectivity index (χ3v) is 4.54. The van der Waals surface area contributed by atoms with E-state index in [0.717, 1.165) is 19.3 Å². The third kappa shape index (κ3) is 1.76. The summed E-state index contributed by atoms with van der Waals surface area (Å²) in [6, 6.07) is 0. The number of rotatable bonds is 1. The molecule has 0 saturated heterocycles. The topological polar surface area (TPSA) is 80.4 Å². The molecule has 2 saturated carbocycles. The molecule has 0 amide bonds. The fourth-order valence-electron chi connectivity index (χ4n) is 3.45. The van der Waals surface area contributed by atoms with E-state index >= 15 is 0 Å². The highest BCUT2D eigenvalue weighted by Crippen LogP contribution is 2.43. The molecule has 0 aliphatic heterocycles. The molecule has 1 N–H and O–H groups in total. The molecule has 4 atom stereocenters. The fraction of sp³-hybridized carbons (Fsp3) is 0.917. The van der Waals surface area contributed by atoms with Gasteiger partial charge in [-0.1, -0.05) is 19.8 Å². The first kappa shape index (κ1) is 12.5. The van der Waals surface area contributed by atoms with Gasteiger partial charge in [0.2, 0.25) is 5.78 Å². The Kier molecular flexibility index (Phi) is 3.21. The molecule has 17 heavy (non-hydrogen) atoms. The minimum atomic E-state index is -1.43. The van der Waals surface area contributed by atoms with E-state index in [-0.39, 0.29) is 16.6 Å². The Morgan fingerprint density at radius 3 is 2.76 bits per heavy atom. The molecule has 2 bridgehead atoms. The molecule has 0 aromatic rings. The number of nitro groups is 1. The number of fused-ring (bicyclic) bond motifs is 2. The van der Waals surface area contributed by atoms with E-state index in [1.807, 2.05) is 0 Å². The highest BCUT2D eigenvalue weighted by molar-refractivity contribution is 5.91. The highest BCUT2D eigenvalue weighted by atomic mass is 16.6. The average molecular weight is 241 g/mol. The Hall–Kier alpha value is -0.970. The average Bonchev–Trinajstić information content (AvgIpc) is 2.23. The van der Waals surface area contributed by atoms with E-state index < -0.39 is 17.6 Å². The number of hydrogen-bond donors (Lipinski definition) is 1. The van der Waals surface area contributed by atoms with E-state index in [1.165, 1.54) is 0 Å². The predicted molar refractivity (Wildman–Crippen MR) is 61.1 cm³/mol. The first-order valence-electron chi connectivity index (χ1n) is 6.37. The summed E-state index contributed by atoms with van der Waals surface area (Å²) in [7, 11) is 0. The van der Waals surface area contributed by atoms with Crippen LogP contribution in [0.4, 0.5) is 0 Å². The lowest BCUT2D eigenvalue weighted by Crippen LogP contribution is -2.60. The second-order valence-corrected chi connectivity index (χ2v) is 5.46. The van der Waals surface area contributed by atoms with Gasteiger partial charge in [-0.05, 0) is 19.3 Å². The Morgan fingerprint density at radius 2 is 2.12 bits per heavy atom. The number of carbonyl (C=O) groups is 1.